The molecule has 3 fully saturated rings. The topological polar surface area (TPSA) is 151 Å². The van der Waals surface area contributed by atoms with E-state index in [1.54, 1.807) is 0 Å². The van der Waals surface area contributed by atoms with Gasteiger partial charge in [0.15, 0.2) is 0 Å². The van der Waals surface area contributed by atoms with Crippen LogP contribution in [0.15, 0.2) is 0 Å². The van der Waals surface area contributed by atoms with E-state index in [0.717, 1.165) is 19.3 Å². The molecule has 2 heterocycles. The summed E-state index contributed by atoms with van der Waals surface area (Å²) in [5, 5.41) is 7.23. The van der Waals surface area contributed by atoms with E-state index < -0.39 is 64.8 Å². The molecule has 214 valence electrons. The predicted octanol–water partition coefficient (Wildman–Crippen LogP) is 1.13. The van der Waals surface area contributed by atoms with Crippen molar-refractivity contribution in [1.82, 2.24) is 20.9 Å². The van der Waals surface area contributed by atoms with Gasteiger partial charge in [-0.05, 0) is 56.8 Å². The molecular formula is C25H38F3N5O5. The largest absolute Gasteiger partial charge is 0.471 e. The van der Waals surface area contributed by atoms with Crippen molar-refractivity contribution in [3.05, 3.63) is 0 Å². The number of carbonyl (C=O) groups is 5. The summed E-state index contributed by atoms with van der Waals surface area (Å²) in [6.07, 6.45) is -2.12. The SMILES string of the molecule is CC1(C)C[C@@H](C[C@H](NC(=O)C2CC3(CCC3)CN2C(=O)[C@@H](NC(=O)C(F)(F)F)C(C)(C)C)C(N)=O)C(=O)N1. The second-order valence-electron chi connectivity index (χ2n) is 12.8. The van der Waals surface area contributed by atoms with Crippen molar-refractivity contribution in [3.63, 3.8) is 0 Å². The maximum Gasteiger partial charge on any atom is 0.471 e. The van der Waals surface area contributed by atoms with E-state index in [-0.39, 0.29) is 30.7 Å². The van der Waals surface area contributed by atoms with Crippen molar-refractivity contribution >= 4 is 29.5 Å². The van der Waals surface area contributed by atoms with Crippen molar-refractivity contribution < 1.29 is 37.1 Å². The molecule has 1 saturated carbocycles. The fourth-order valence-corrected chi connectivity index (χ4v) is 5.77. The van der Waals surface area contributed by atoms with E-state index >= 15 is 0 Å². The number of amides is 5. The van der Waals surface area contributed by atoms with E-state index in [4.69, 9.17) is 5.73 Å². The van der Waals surface area contributed by atoms with Crippen LogP contribution in [-0.4, -0.2) is 70.8 Å². The first kappa shape index (κ1) is 29.7. The molecule has 1 aliphatic carbocycles. The molecule has 1 spiro atoms. The molecule has 2 saturated heterocycles. The molecule has 38 heavy (non-hydrogen) atoms. The van der Waals surface area contributed by atoms with Crippen LogP contribution in [0, 0.1) is 16.7 Å². The molecule has 0 bridgehead atoms. The van der Waals surface area contributed by atoms with Gasteiger partial charge in [0, 0.05) is 18.0 Å². The van der Waals surface area contributed by atoms with Gasteiger partial charge in [0.25, 0.3) is 0 Å². The number of likely N-dealkylation sites (tertiary alicyclic amines) is 1. The maximum atomic E-state index is 13.6. The van der Waals surface area contributed by atoms with Crippen LogP contribution in [0.25, 0.3) is 0 Å². The minimum absolute atomic E-state index is 0.0194. The van der Waals surface area contributed by atoms with Crippen LogP contribution in [-0.2, 0) is 24.0 Å². The second-order valence-corrected chi connectivity index (χ2v) is 12.8. The number of nitrogens with two attached hydrogens (primary N) is 1. The van der Waals surface area contributed by atoms with Gasteiger partial charge in [0.2, 0.25) is 23.6 Å². The summed E-state index contributed by atoms with van der Waals surface area (Å²) in [6.45, 7) is 8.40. The van der Waals surface area contributed by atoms with Crippen molar-refractivity contribution in [3.8, 4) is 0 Å². The molecule has 3 rings (SSSR count). The third-order valence-corrected chi connectivity index (χ3v) is 7.92. The number of alkyl halides is 3. The number of carbonyl (C=O) groups excluding carboxylic acids is 5. The van der Waals surface area contributed by atoms with Crippen LogP contribution >= 0.6 is 0 Å². The van der Waals surface area contributed by atoms with E-state index in [1.807, 2.05) is 19.2 Å². The van der Waals surface area contributed by atoms with Crippen LogP contribution in [0.5, 0.6) is 0 Å². The van der Waals surface area contributed by atoms with Gasteiger partial charge >= 0.3 is 12.1 Å². The Balaban J connectivity index is 1.82. The smallest absolute Gasteiger partial charge is 0.368 e. The van der Waals surface area contributed by atoms with Crippen LogP contribution in [0.1, 0.15) is 73.1 Å². The molecule has 0 aromatic rings. The normalized spacial score (nSPS) is 25.8. The molecule has 10 nitrogen and oxygen atoms in total. The lowest BCUT2D eigenvalue weighted by molar-refractivity contribution is -0.176. The van der Waals surface area contributed by atoms with Gasteiger partial charge < -0.3 is 26.6 Å². The van der Waals surface area contributed by atoms with Gasteiger partial charge in [-0.25, -0.2) is 0 Å². The molecular weight excluding hydrogens is 507 g/mol. The Morgan fingerprint density at radius 2 is 1.71 bits per heavy atom. The lowest BCUT2D eigenvalue weighted by Crippen LogP contribution is -2.60. The van der Waals surface area contributed by atoms with E-state index in [2.05, 4.69) is 10.6 Å². The summed E-state index contributed by atoms with van der Waals surface area (Å²) in [5.74, 6) is -5.35. The molecule has 3 aliphatic rings. The minimum Gasteiger partial charge on any atom is -0.368 e. The molecule has 5 N–H and O–H groups in total. The summed E-state index contributed by atoms with van der Waals surface area (Å²) >= 11 is 0. The first-order chi connectivity index (χ1) is 17.2. The fourth-order valence-electron chi connectivity index (χ4n) is 5.77. The third kappa shape index (κ3) is 6.40. The molecule has 0 radical (unpaired) electrons. The zero-order valence-corrected chi connectivity index (χ0v) is 22.5. The number of rotatable bonds is 7. The summed E-state index contributed by atoms with van der Waals surface area (Å²) in [7, 11) is 0. The van der Waals surface area contributed by atoms with Gasteiger partial charge in [0.05, 0.1) is 0 Å². The van der Waals surface area contributed by atoms with E-state index in [0.29, 0.717) is 6.42 Å². The quantitative estimate of drug-likeness (QED) is 0.378. The average Bonchev–Trinajstić information content (AvgIpc) is 3.26. The zero-order chi connectivity index (χ0) is 28.8. The van der Waals surface area contributed by atoms with Gasteiger partial charge in [-0.3, -0.25) is 24.0 Å². The molecule has 13 heteroatoms. The van der Waals surface area contributed by atoms with Crippen molar-refractivity contribution in [2.24, 2.45) is 22.5 Å². The Morgan fingerprint density at radius 1 is 1.11 bits per heavy atom. The lowest BCUT2D eigenvalue weighted by Gasteiger charge is -2.39. The van der Waals surface area contributed by atoms with Gasteiger partial charge in [0.1, 0.15) is 18.1 Å². The van der Waals surface area contributed by atoms with Crippen LogP contribution < -0.4 is 21.7 Å². The average molecular weight is 546 g/mol. The Bertz CT molecular complexity index is 1000. The Morgan fingerprint density at radius 3 is 2.13 bits per heavy atom. The van der Waals surface area contributed by atoms with E-state index in [1.165, 1.54) is 25.7 Å². The number of primary amides is 1. The zero-order valence-electron chi connectivity index (χ0n) is 22.5. The van der Waals surface area contributed by atoms with Crippen LogP contribution in [0.3, 0.4) is 0 Å². The van der Waals surface area contributed by atoms with Crippen LogP contribution in [0.4, 0.5) is 13.2 Å². The monoisotopic (exact) mass is 545 g/mol. The Kier molecular flexibility index (Phi) is 7.84. The van der Waals surface area contributed by atoms with Crippen molar-refractivity contribution in [2.75, 3.05) is 6.54 Å². The van der Waals surface area contributed by atoms with Gasteiger partial charge in [-0.15, -0.1) is 0 Å². The fraction of sp³-hybridized carbons (Fsp3) is 0.800. The van der Waals surface area contributed by atoms with Crippen molar-refractivity contribution in [2.45, 2.75) is 103 Å². The minimum atomic E-state index is -5.18. The summed E-state index contributed by atoms with van der Waals surface area (Å²) in [4.78, 5) is 64.6. The number of nitrogens with zero attached hydrogens (tertiary/aromatic N) is 1. The first-order valence-corrected chi connectivity index (χ1v) is 12.8. The van der Waals surface area contributed by atoms with Gasteiger partial charge in [-0.2, -0.15) is 13.2 Å². The highest BCUT2D eigenvalue weighted by Crippen LogP contribution is 2.50. The lowest BCUT2D eigenvalue weighted by atomic mass is 9.67. The van der Waals surface area contributed by atoms with Crippen LogP contribution in [0.2, 0.25) is 0 Å². The molecule has 1 unspecified atom stereocenters. The molecule has 2 aliphatic heterocycles. The summed E-state index contributed by atoms with van der Waals surface area (Å²) < 4.78 is 39.1. The van der Waals surface area contributed by atoms with Crippen molar-refractivity contribution in [1.29, 1.82) is 0 Å². The number of hydrogen-bond acceptors (Lipinski definition) is 5. The highest BCUT2D eigenvalue weighted by Gasteiger charge is 2.54. The summed E-state index contributed by atoms with van der Waals surface area (Å²) in [6, 6.07) is -3.78. The highest BCUT2D eigenvalue weighted by atomic mass is 19.4. The Hall–Kier alpha value is -2.86. The number of halogens is 3. The molecule has 0 aromatic heterocycles. The number of nitrogens with one attached hydrogen (secondary N) is 3. The Labute approximate surface area is 220 Å². The third-order valence-electron chi connectivity index (χ3n) is 7.92. The first-order valence-electron chi connectivity index (χ1n) is 12.8. The maximum absolute atomic E-state index is 13.6. The highest BCUT2D eigenvalue weighted by molar-refractivity contribution is 5.95. The summed E-state index contributed by atoms with van der Waals surface area (Å²) in [5.41, 5.74) is 3.62. The van der Waals surface area contributed by atoms with E-state index in [9.17, 15) is 37.1 Å². The second kappa shape index (κ2) is 10.0. The van der Waals surface area contributed by atoms with Gasteiger partial charge in [-0.1, -0.05) is 27.2 Å². The molecule has 4 atom stereocenters. The number of hydrogen-bond donors (Lipinski definition) is 4. The molecule has 0 aromatic carbocycles. The molecule has 5 amide bonds. The standard InChI is InChI=1S/C25H38F3N5O5/c1-22(2,3)16(31-21(38)25(26,27)28)20(37)33-12-24(7-6-8-24)11-15(33)19(36)30-14(17(29)34)9-13-10-23(4,5)32-18(13)35/h13-16H,6-12H2,1-5H3,(H2,29,34)(H,30,36)(H,31,38)(H,32,35)/t13-,14+,15?,16-/m1/s1. The predicted molar refractivity (Wildman–Crippen MR) is 130 cm³/mol.